The Hall–Kier alpha value is -4.26. The van der Waals surface area contributed by atoms with Crippen LogP contribution in [0.5, 0.6) is 0 Å². The summed E-state index contributed by atoms with van der Waals surface area (Å²) < 4.78 is 10.7. The Morgan fingerprint density at radius 3 is 2.11 bits per heavy atom. The van der Waals surface area contributed by atoms with Crippen LogP contribution >= 0.6 is 0 Å². The Morgan fingerprint density at radius 1 is 0.865 bits per heavy atom. The zero-order valence-corrected chi connectivity index (χ0v) is 20.6. The number of likely N-dealkylation sites (tertiary alicyclic amines) is 1. The van der Waals surface area contributed by atoms with E-state index in [1.165, 1.54) is 4.90 Å². The van der Waals surface area contributed by atoms with Crippen LogP contribution in [-0.2, 0) is 25.7 Å². The molecule has 1 amide bonds. The lowest BCUT2D eigenvalue weighted by Crippen LogP contribution is -2.44. The number of esters is 1. The zero-order valence-electron chi connectivity index (χ0n) is 20.6. The van der Waals surface area contributed by atoms with Crippen molar-refractivity contribution in [1.29, 1.82) is 0 Å². The Morgan fingerprint density at radius 2 is 1.49 bits per heavy atom. The summed E-state index contributed by atoms with van der Waals surface area (Å²) in [5.41, 5.74) is 3.22. The van der Waals surface area contributed by atoms with Gasteiger partial charge in [-0.1, -0.05) is 84.9 Å². The Labute approximate surface area is 216 Å². The molecule has 0 bridgehead atoms. The average molecular weight is 500 g/mol. The van der Waals surface area contributed by atoms with Crippen LogP contribution in [0.25, 0.3) is 11.1 Å². The average Bonchev–Trinajstić information content (AvgIpc) is 3.32. The Kier molecular flexibility index (Phi) is 8.46. The standard InChI is InChI=1S/C30H29NO6/c1-2-36-29(34)27-25(17-18-32)26(19-31(27)30(35)37-20-21-9-5-3-6-10-21)28(33)24-15-13-23(14-16-24)22-11-7-4-8-12-22/h3-16,18,25-27H,2,17,19-20H2,1H3/t25-,26-,27-/m0/s1. The number of carbonyl (C=O) groups is 4. The molecule has 7 heteroatoms. The van der Waals surface area contributed by atoms with Gasteiger partial charge in [-0.2, -0.15) is 0 Å². The number of hydrogen-bond donors (Lipinski definition) is 0. The van der Waals surface area contributed by atoms with Crippen LogP contribution in [0, 0.1) is 11.8 Å². The topological polar surface area (TPSA) is 90.0 Å². The molecule has 1 aliphatic rings. The predicted molar refractivity (Wildman–Crippen MR) is 138 cm³/mol. The van der Waals surface area contributed by atoms with E-state index >= 15 is 0 Å². The van der Waals surface area contributed by atoms with Crippen molar-refractivity contribution >= 4 is 24.1 Å². The molecular formula is C30H29NO6. The maximum atomic E-state index is 13.6. The molecule has 4 rings (SSSR count). The van der Waals surface area contributed by atoms with Gasteiger partial charge >= 0.3 is 12.1 Å². The molecule has 0 unspecified atom stereocenters. The second-order valence-electron chi connectivity index (χ2n) is 8.87. The van der Waals surface area contributed by atoms with Crippen molar-refractivity contribution in [2.45, 2.75) is 26.0 Å². The molecule has 0 spiro atoms. The second-order valence-corrected chi connectivity index (χ2v) is 8.87. The summed E-state index contributed by atoms with van der Waals surface area (Å²) in [6.45, 7) is 1.74. The minimum Gasteiger partial charge on any atom is -0.464 e. The van der Waals surface area contributed by atoms with Gasteiger partial charge in [-0.25, -0.2) is 9.59 Å². The van der Waals surface area contributed by atoms with Crippen molar-refractivity contribution in [2.75, 3.05) is 13.2 Å². The molecule has 37 heavy (non-hydrogen) atoms. The SMILES string of the molecule is CCOC(=O)[C@@H]1[C@@H](CC=O)[C@@H](C(=O)c2ccc(-c3ccccc3)cc2)CN1C(=O)OCc1ccccc1. The van der Waals surface area contributed by atoms with E-state index in [0.29, 0.717) is 11.8 Å². The molecule has 3 aromatic carbocycles. The van der Waals surface area contributed by atoms with Gasteiger partial charge in [0.25, 0.3) is 0 Å². The summed E-state index contributed by atoms with van der Waals surface area (Å²) in [5.74, 6) is -2.37. The number of rotatable bonds is 9. The number of ketones is 1. The van der Waals surface area contributed by atoms with E-state index < -0.39 is 29.9 Å². The van der Waals surface area contributed by atoms with Crippen LogP contribution < -0.4 is 0 Å². The lowest BCUT2D eigenvalue weighted by molar-refractivity contribution is -0.149. The van der Waals surface area contributed by atoms with Crippen LogP contribution in [0.4, 0.5) is 4.79 Å². The third-order valence-electron chi connectivity index (χ3n) is 6.60. The number of hydrogen-bond acceptors (Lipinski definition) is 6. The first-order valence-corrected chi connectivity index (χ1v) is 12.3. The van der Waals surface area contributed by atoms with E-state index in [0.717, 1.165) is 16.7 Å². The smallest absolute Gasteiger partial charge is 0.410 e. The van der Waals surface area contributed by atoms with Crippen LogP contribution in [-0.4, -0.2) is 48.2 Å². The Bertz CT molecular complexity index is 1230. The Balaban J connectivity index is 1.58. The van der Waals surface area contributed by atoms with Crippen molar-refractivity contribution in [1.82, 2.24) is 4.90 Å². The van der Waals surface area contributed by atoms with E-state index in [-0.39, 0.29) is 32.0 Å². The van der Waals surface area contributed by atoms with E-state index in [4.69, 9.17) is 9.47 Å². The summed E-state index contributed by atoms with van der Waals surface area (Å²) in [7, 11) is 0. The highest BCUT2D eigenvalue weighted by molar-refractivity contribution is 6.00. The van der Waals surface area contributed by atoms with Gasteiger partial charge < -0.3 is 14.3 Å². The fraction of sp³-hybridized carbons (Fsp3) is 0.267. The van der Waals surface area contributed by atoms with Gasteiger partial charge in [-0.3, -0.25) is 9.69 Å². The molecule has 1 saturated heterocycles. The van der Waals surface area contributed by atoms with E-state index in [1.54, 1.807) is 19.1 Å². The molecule has 7 nitrogen and oxygen atoms in total. The van der Waals surface area contributed by atoms with Gasteiger partial charge in [0.15, 0.2) is 5.78 Å². The summed E-state index contributed by atoms with van der Waals surface area (Å²) >= 11 is 0. The van der Waals surface area contributed by atoms with Crippen LogP contribution in [0.2, 0.25) is 0 Å². The van der Waals surface area contributed by atoms with Crippen LogP contribution in [0.1, 0.15) is 29.3 Å². The van der Waals surface area contributed by atoms with E-state index in [9.17, 15) is 19.2 Å². The molecule has 0 N–H and O–H groups in total. The summed E-state index contributed by atoms with van der Waals surface area (Å²) in [4.78, 5) is 52.4. The monoisotopic (exact) mass is 499 g/mol. The number of aldehydes is 1. The van der Waals surface area contributed by atoms with Crippen molar-refractivity contribution < 1.29 is 28.7 Å². The highest BCUT2D eigenvalue weighted by Crippen LogP contribution is 2.36. The maximum Gasteiger partial charge on any atom is 0.410 e. The first-order valence-electron chi connectivity index (χ1n) is 12.3. The highest BCUT2D eigenvalue weighted by Gasteiger charge is 2.51. The van der Waals surface area contributed by atoms with Crippen LogP contribution in [0.15, 0.2) is 84.9 Å². The molecule has 1 heterocycles. The van der Waals surface area contributed by atoms with Gasteiger partial charge in [0.1, 0.15) is 18.9 Å². The van der Waals surface area contributed by atoms with E-state index in [1.807, 2.05) is 72.8 Å². The molecule has 3 aromatic rings. The summed E-state index contributed by atoms with van der Waals surface area (Å²) in [6, 6.07) is 25.0. The highest BCUT2D eigenvalue weighted by atomic mass is 16.6. The second kappa shape index (κ2) is 12.1. The molecular weight excluding hydrogens is 470 g/mol. The minimum absolute atomic E-state index is 0.0175. The van der Waals surface area contributed by atoms with Crippen LogP contribution in [0.3, 0.4) is 0 Å². The number of Topliss-reactive ketones (excluding diaryl/α,β-unsaturated/α-hetero) is 1. The van der Waals surface area contributed by atoms with Gasteiger partial charge in [-0.05, 0) is 23.6 Å². The predicted octanol–water partition coefficient (Wildman–Crippen LogP) is 4.94. The van der Waals surface area contributed by atoms with Crippen molar-refractivity contribution in [3.8, 4) is 11.1 Å². The maximum absolute atomic E-state index is 13.6. The third-order valence-corrected chi connectivity index (χ3v) is 6.60. The van der Waals surface area contributed by atoms with Gasteiger partial charge in [0.05, 0.1) is 6.61 Å². The lowest BCUT2D eigenvalue weighted by atomic mass is 9.83. The fourth-order valence-corrected chi connectivity index (χ4v) is 4.79. The normalized spacial score (nSPS) is 18.7. The fourth-order valence-electron chi connectivity index (χ4n) is 4.79. The first-order chi connectivity index (χ1) is 18.0. The van der Waals surface area contributed by atoms with Crippen molar-refractivity contribution in [3.05, 3.63) is 96.1 Å². The molecule has 0 radical (unpaired) electrons. The molecule has 0 saturated carbocycles. The third kappa shape index (κ3) is 5.94. The number of ether oxygens (including phenoxy) is 2. The molecule has 1 aliphatic heterocycles. The molecule has 1 fully saturated rings. The number of amides is 1. The largest absolute Gasteiger partial charge is 0.464 e. The summed E-state index contributed by atoms with van der Waals surface area (Å²) in [6.07, 6.45) is -0.119. The molecule has 3 atom stereocenters. The molecule has 190 valence electrons. The number of nitrogens with zero attached hydrogens (tertiary/aromatic N) is 1. The van der Waals surface area contributed by atoms with Crippen molar-refractivity contribution in [3.63, 3.8) is 0 Å². The van der Waals surface area contributed by atoms with Gasteiger partial charge in [-0.15, -0.1) is 0 Å². The quantitative estimate of drug-likeness (QED) is 0.235. The summed E-state index contributed by atoms with van der Waals surface area (Å²) in [5, 5.41) is 0. The van der Waals surface area contributed by atoms with Gasteiger partial charge in [0.2, 0.25) is 0 Å². The molecule has 0 aromatic heterocycles. The van der Waals surface area contributed by atoms with Crippen molar-refractivity contribution in [2.24, 2.45) is 11.8 Å². The van der Waals surface area contributed by atoms with E-state index in [2.05, 4.69) is 0 Å². The minimum atomic E-state index is -1.09. The number of carbonyl (C=O) groups excluding carboxylic acids is 4. The van der Waals surface area contributed by atoms with Gasteiger partial charge in [0, 0.05) is 30.4 Å². The number of benzene rings is 3. The first kappa shape index (κ1) is 25.8. The molecule has 0 aliphatic carbocycles. The zero-order chi connectivity index (χ0) is 26.2. The lowest BCUT2D eigenvalue weighted by Gasteiger charge is -2.25.